The maximum Gasteiger partial charge on any atom is 0.355 e. The van der Waals surface area contributed by atoms with Gasteiger partial charge in [0, 0.05) is 22.5 Å². The Morgan fingerprint density at radius 1 is 1.07 bits per heavy atom. The maximum atomic E-state index is 12.3. The summed E-state index contributed by atoms with van der Waals surface area (Å²) in [6, 6.07) is 14.9. The number of nitrogens with one attached hydrogen (secondary N) is 2. The molecule has 0 aliphatic rings. The Morgan fingerprint density at radius 3 is 2.79 bits per heavy atom. The molecule has 140 valence electrons. The Hall–Kier alpha value is -3.67. The fourth-order valence-electron chi connectivity index (χ4n) is 3.32. The molecule has 6 nitrogen and oxygen atoms in total. The van der Waals surface area contributed by atoms with Crippen molar-refractivity contribution in [1.82, 2.24) is 9.97 Å². The number of carbonyl (C=O) groups is 2. The molecule has 0 radical (unpaired) electrons. The zero-order valence-electron chi connectivity index (χ0n) is 15.6. The number of fused-ring (bicyclic) bond motifs is 2. The smallest absolute Gasteiger partial charge is 0.355 e. The number of pyridine rings is 1. The van der Waals surface area contributed by atoms with Crippen LogP contribution in [0, 0.1) is 13.8 Å². The molecule has 0 saturated heterocycles. The first-order valence-corrected chi connectivity index (χ1v) is 8.92. The van der Waals surface area contributed by atoms with Crippen molar-refractivity contribution >= 4 is 39.4 Å². The van der Waals surface area contributed by atoms with Crippen LogP contribution in [0.25, 0.3) is 21.8 Å². The second-order valence-corrected chi connectivity index (χ2v) is 6.73. The van der Waals surface area contributed by atoms with E-state index in [1.165, 1.54) is 0 Å². The molecule has 2 aromatic carbocycles. The van der Waals surface area contributed by atoms with Gasteiger partial charge < -0.3 is 15.0 Å². The molecule has 2 heterocycles. The fraction of sp³-hybridized carbons (Fsp3) is 0.136. The van der Waals surface area contributed by atoms with Crippen molar-refractivity contribution in [2.24, 2.45) is 0 Å². The van der Waals surface area contributed by atoms with Crippen molar-refractivity contribution in [1.29, 1.82) is 0 Å². The number of amides is 1. The summed E-state index contributed by atoms with van der Waals surface area (Å²) in [6.45, 7) is 3.62. The number of anilines is 1. The molecule has 0 saturated carbocycles. The first-order chi connectivity index (χ1) is 13.5. The van der Waals surface area contributed by atoms with E-state index in [9.17, 15) is 9.59 Å². The lowest BCUT2D eigenvalue weighted by Crippen LogP contribution is -2.21. The van der Waals surface area contributed by atoms with Gasteiger partial charge in [-0.1, -0.05) is 12.1 Å². The number of esters is 1. The van der Waals surface area contributed by atoms with Crippen LogP contribution in [-0.4, -0.2) is 28.5 Å². The Bertz CT molecular complexity index is 1210. The maximum absolute atomic E-state index is 12.3. The number of carbonyl (C=O) groups excluding carboxylic acids is 2. The van der Waals surface area contributed by atoms with Gasteiger partial charge in [0.1, 0.15) is 5.69 Å². The Labute approximate surface area is 161 Å². The first kappa shape index (κ1) is 17.7. The zero-order valence-corrected chi connectivity index (χ0v) is 15.6. The summed E-state index contributed by atoms with van der Waals surface area (Å²) in [5.74, 6) is -0.976. The number of H-pyrrole nitrogens is 1. The molecule has 4 aromatic rings. The lowest BCUT2D eigenvalue weighted by molar-refractivity contribution is -0.119. The molecule has 2 aromatic heterocycles. The molecule has 4 rings (SSSR count). The topological polar surface area (TPSA) is 84.1 Å². The van der Waals surface area contributed by atoms with Crippen molar-refractivity contribution in [2.45, 2.75) is 13.8 Å². The normalized spacial score (nSPS) is 10.9. The van der Waals surface area contributed by atoms with Gasteiger partial charge in [0.15, 0.2) is 6.61 Å². The van der Waals surface area contributed by atoms with Crippen molar-refractivity contribution in [3.05, 3.63) is 71.5 Å². The van der Waals surface area contributed by atoms with Gasteiger partial charge in [-0.25, -0.2) is 4.79 Å². The van der Waals surface area contributed by atoms with E-state index in [1.54, 1.807) is 24.4 Å². The Balaban J connectivity index is 1.44. The van der Waals surface area contributed by atoms with Gasteiger partial charge in [0.05, 0.1) is 11.2 Å². The number of aryl methyl sites for hydroxylation is 2. The number of benzene rings is 2. The van der Waals surface area contributed by atoms with Crippen LogP contribution in [0.3, 0.4) is 0 Å². The van der Waals surface area contributed by atoms with Crippen molar-refractivity contribution < 1.29 is 14.3 Å². The Morgan fingerprint density at radius 2 is 1.93 bits per heavy atom. The minimum absolute atomic E-state index is 0.325. The van der Waals surface area contributed by atoms with Gasteiger partial charge in [-0.05, 0) is 61.4 Å². The molecule has 6 heteroatoms. The number of nitrogens with zero attached hydrogens (tertiary/aromatic N) is 1. The Kier molecular flexibility index (Phi) is 4.53. The highest BCUT2D eigenvalue weighted by Crippen LogP contribution is 2.23. The quantitative estimate of drug-likeness (QED) is 0.527. The van der Waals surface area contributed by atoms with E-state index in [4.69, 9.17) is 4.74 Å². The van der Waals surface area contributed by atoms with E-state index < -0.39 is 11.9 Å². The number of aromatic amines is 1. The second kappa shape index (κ2) is 7.15. The molecule has 0 spiro atoms. The van der Waals surface area contributed by atoms with Crippen molar-refractivity contribution in [3.63, 3.8) is 0 Å². The van der Waals surface area contributed by atoms with E-state index in [1.807, 2.05) is 38.1 Å². The highest BCUT2D eigenvalue weighted by molar-refractivity contribution is 6.02. The summed E-state index contributed by atoms with van der Waals surface area (Å²) in [5, 5.41) is 4.56. The van der Waals surface area contributed by atoms with Gasteiger partial charge in [-0.15, -0.1) is 0 Å². The molecule has 2 N–H and O–H groups in total. The number of rotatable bonds is 4. The van der Waals surface area contributed by atoms with Gasteiger partial charge in [0.25, 0.3) is 5.91 Å². The third-order valence-corrected chi connectivity index (χ3v) is 4.56. The monoisotopic (exact) mass is 373 g/mol. The van der Waals surface area contributed by atoms with Gasteiger partial charge >= 0.3 is 5.97 Å². The zero-order chi connectivity index (χ0) is 19.7. The third kappa shape index (κ3) is 3.44. The van der Waals surface area contributed by atoms with Crippen LogP contribution in [-0.2, 0) is 9.53 Å². The standard InChI is InChI=1S/C22H19N3O3/c1-13-9-14(2)16-11-20(24-19(16)10-13)22(27)28-12-21(26)25-18-7-3-6-17-15(18)5-4-8-23-17/h3-11,24H,12H2,1-2H3,(H,25,26). The van der Waals surface area contributed by atoms with Gasteiger partial charge in [0.2, 0.25) is 0 Å². The first-order valence-electron chi connectivity index (χ1n) is 8.92. The molecule has 28 heavy (non-hydrogen) atoms. The predicted molar refractivity (Wildman–Crippen MR) is 108 cm³/mol. The van der Waals surface area contributed by atoms with Crippen molar-refractivity contribution in [3.8, 4) is 0 Å². The van der Waals surface area contributed by atoms with Gasteiger partial charge in [-0.2, -0.15) is 0 Å². The summed E-state index contributed by atoms with van der Waals surface area (Å²) < 4.78 is 5.18. The van der Waals surface area contributed by atoms with Crippen LogP contribution in [0.5, 0.6) is 0 Å². The third-order valence-electron chi connectivity index (χ3n) is 4.56. The van der Waals surface area contributed by atoms with E-state index in [0.717, 1.165) is 32.9 Å². The lowest BCUT2D eigenvalue weighted by atomic mass is 10.1. The largest absolute Gasteiger partial charge is 0.451 e. The van der Waals surface area contributed by atoms with E-state index in [2.05, 4.69) is 21.4 Å². The number of hydrogen-bond acceptors (Lipinski definition) is 4. The minimum atomic E-state index is -0.567. The van der Waals surface area contributed by atoms with E-state index in [-0.39, 0.29) is 6.61 Å². The molecule has 0 unspecified atom stereocenters. The van der Waals surface area contributed by atoms with Crippen molar-refractivity contribution in [2.75, 3.05) is 11.9 Å². The number of aromatic nitrogens is 2. The summed E-state index contributed by atoms with van der Waals surface area (Å²) in [4.78, 5) is 31.9. The molecule has 0 bridgehead atoms. The van der Waals surface area contributed by atoms with Crippen LogP contribution in [0.4, 0.5) is 5.69 Å². The number of ether oxygens (including phenoxy) is 1. The molecular formula is C22H19N3O3. The SMILES string of the molecule is Cc1cc(C)c2cc(C(=O)OCC(=O)Nc3cccc4ncccc34)[nH]c2c1. The summed E-state index contributed by atoms with van der Waals surface area (Å²) in [5.41, 5.74) is 4.79. The van der Waals surface area contributed by atoms with Crippen LogP contribution in [0.1, 0.15) is 21.6 Å². The summed E-state index contributed by atoms with van der Waals surface area (Å²) in [6.07, 6.45) is 1.69. The fourth-order valence-corrected chi connectivity index (χ4v) is 3.32. The average Bonchev–Trinajstić information content (AvgIpc) is 3.11. The molecule has 0 fully saturated rings. The highest BCUT2D eigenvalue weighted by Gasteiger charge is 2.15. The highest BCUT2D eigenvalue weighted by atomic mass is 16.5. The summed E-state index contributed by atoms with van der Waals surface area (Å²) >= 11 is 0. The van der Waals surface area contributed by atoms with E-state index in [0.29, 0.717) is 11.4 Å². The molecular weight excluding hydrogens is 354 g/mol. The van der Waals surface area contributed by atoms with Crippen LogP contribution < -0.4 is 5.32 Å². The summed E-state index contributed by atoms with van der Waals surface area (Å²) in [7, 11) is 0. The molecule has 0 atom stereocenters. The average molecular weight is 373 g/mol. The van der Waals surface area contributed by atoms with Crippen LogP contribution >= 0.6 is 0 Å². The molecule has 0 aliphatic heterocycles. The minimum Gasteiger partial charge on any atom is -0.451 e. The lowest BCUT2D eigenvalue weighted by Gasteiger charge is -2.08. The molecule has 0 aliphatic carbocycles. The van der Waals surface area contributed by atoms with Crippen LogP contribution in [0.2, 0.25) is 0 Å². The second-order valence-electron chi connectivity index (χ2n) is 6.73. The van der Waals surface area contributed by atoms with Gasteiger partial charge in [-0.3, -0.25) is 9.78 Å². The van der Waals surface area contributed by atoms with E-state index >= 15 is 0 Å². The predicted octanol–water partition coefficient (Wildman–Crippen LogP) is 4.13. The van der Waals surface area contributed by atoms with Crippen LogP contribution in [0.15, 0.2) is 54.7 Å². The molecule has 1 amide bonds. The number of hydrogen-bond donors (Lipinski definition) is 2.